The molecular weight excluding hydrogens is 462 g/mol. The van der Waals surface area contributed by atoms with E-state index in [0.717, 1.165) is 10.7 Å². The number of benzene rings is 3. The molecule has 0 aliphatic heterocycles. The SMILES string of the molecule is CCCNC(=O)c1ccccc1NC(=O)c1ccc(N(C)S(=O)(=O)c2ccc(Cl)cc2)cc1. The van der Waals surface area contributed by atoms with Gasteiger partial charge in [0.25, 0.3) is 21.8 Å². The molecule has 7 nitrogen and oxygen atoms in total. The van der Waals surface area contributed by atoms with E-state index in [0.29, 0.717) is 34.1 Å². The van der Waals surface area contributed by atoms with Gasteiger partial charge < -0.3 is 10.6 Å². The Balaban J connectivity index is 1.76. The Labute approximate surface area is 198 Å². The van der Waals surface area contributed by atoms with Crippen LogP contribution in [0, 0.1) is 0 Å². The van der Waals surface area contributed by atoms with Crippen LogP contribution in [0.15, 0.2) is 77.7 Å². The van der Waals surface area contributed by atoms with Crippen molar-refractivity contribution in [3.8, 4) is 0 Å². The fourth-order valence-corrected chi connectivity index (χ4v) is 4.37. The van der Waals surface area contributed by atoms with E-state index < -0.39 is 15.9 Å². The van der Waals surface area contributed by atoms with Crippen molar-refractivity contribution in [2.24, 2.45) is 0 Å². The number of para-hydroxylation sites is 1. The van der Waals surface area contributed by atoms with Gasteiger partial charge >= 0.3 is 0 Å². The Hall–Kier alpha value is -3.36. The average Bonchev–Trinajstić information content (AvgIpc) is 2.82. The number of nitrogens with one attached hydrogen (secondary N) is 2. The van der Waals surface area contributed by atoms with Gasteiger partial charge in [-0.2, -0.15) is 0 Å². The summed E-state index contributed by atoms with van der Waals surface area (Å²) in [5.41, 5.74) is 1.47. The molecule has 0 heterocycles. The largest absolute Gasteiger partial charge is 0.352 e. The molecule has 0 spiro atoms. The molecule has 0 atom stereocenters. The molecule has 0 saturated heterocycles. The third kappa shape index (κ3) is 5.71. The summed E-state index contributed by atoms with van der Waals surface area (Å²) in [5.74, 6) is -0.683. The van der Waals surface area contributed by atoms with Crippen molar-refractivity contribution < 1.29 is 18.0 Å². The first-order chi connectivity index (χ1) is 15.7. The third-order valence-electron chi connectivity index (χ3n) is 4.92. The van der Waals surface area contributed by atoms with E-state index in [1.807, 2.05) is 6.92 Å². The van der Waals surface area contributed by atoms with Crippen LogP contribution in [0.1, 0.15) is 34.1 Å². The summed E-state index contributed by atoms with van der Waals surface area (Å²) >= 11 is 5.84. The first kappa shape index (κ1) is 24.3. The number of anilines is 2. The van der Waals surface area contributed by atoms with Gasteiger partial charge in [0.05, 0.1) is 21.8 Å². The monoisotopic (exact) mass is 485 g/mol. The minimum Gasteiger partial charge on any atom is -0.352 e. The molecule has 0 unspecified atom stereocenters. The molecule has 0 bridgehead atoms. The van der Waals surface area contributed by atoms with E-state index >= 15 is 0 Å². The highest BCUT2D eigenvalue weighted by Crippen LogP contribution is 2.24. The van der Waals surface area contributed by atoms with Crippen molar-refractivity contribution in [1.29, 1.82) is 0 Å². The van der Waals surface area contributed by atoms with E-state index in [4.69, 9.17) is 11.6 Å². The van der Waals surface area contributed by atoms with Gasteiger partial charge in [0, 0.05) is 24.2 Å². The van der Waals surface area contributed by atoms with Crippen LogP contribution in [-0.2, 0) is 10.0 Å². The van der Waals surface area contributed by atoms with Crippen molar-refractivity contribution in [3.05, 3.63) is 88.9 Å². The molecule has 0 aromatic heterocycles. The summed E-state index contributed by atoms with van der Waals surface area (Å²) in [4.78, 5) is 25.2. The quantitative estimate of drug-likeness (QED) is 0.489. The highest BCUT2D eigenvalue weighted by Gasteiger charge is 2.21. The molecule has 0 fully saturated rings. The van der Waals surface area contributed by atoms with E-state index in [9.17, 15) is 18.0 Å². The number of rotatable bonds is 8. The Morgan fingerprint density at radius 2 is 1.55 bits per heavy atom. The highest BCUT2D eigenvalue weighted by molar-refractivity contribution is 7.92. The lowest BCUT2D eigenvalue weighted by Gasteiger charge is -2.20. The molecule has 9 heteroatoms. The molecule has 172 valence electrons. The van der Waals surface area contributed by atoms with Gasteiger partial charge in [-0.3, -0.25) is 13.9 Å². The second-order valence-corrected chi connectivity index (χ2v) is 9.63. The maximum absolute atomic E-state index is 12.8. The van der Waals surface area contributed by atoms with Crippen LogP contribution in [0.2, 0.25) is 5.02 Å². The number of hydrogen-bond donors (Lipinski definition) is 2. The third-order valence-corrected chi connectivity index (χ3v) is 6.97. The van der Waals surface area contributed by atoms with Gasteiger partial charge in [-0.1, -0.05) is 30.7 Å². The van der Waals surface area contributed by atoms with Gasteiger partial charge in [0.1, 0.15) is 0 Å². The number of carbonyl (C=O) groups excluding carboxylic acids is 2. The molecular formula is C24H24ClN3O4S. The highest BCUT2D eigenvalue weighted by atomic mass is 35.5. The van der Waals surface area contributed by atoms with Crippen LogP contribution >= 0.6 is 11.6 Å². The summed E-state index contributed by atoms with van der Waals surface area (Å²) in [6.45, 7) is 2.49. The van der Waals surface area contributed by atoms with Gasteiger partial charge in [-0.15, -0.1) is 0 Å². The normalized spacial score (nSPS) is 11.0. The van der Waals surface area contributed by atoms with E-state index in [1.54, 1.807) is 36.4 Å². The second kappa shape index (κ2) is 10.5. The zero-order valence-electron chi connectivity index (χ0n) is 18.2. The number of sulfonamides is 1. The molecule has 0 radical (unpaired) electrons. The lowest BCUT2D eigenvalue weighted by Crippen LogP contribution is -2.26. The summed E-state index contributed by atoms with van der Waals surface area (Å²) in [6, 6.07) is 18.8. The van der Waals surface area contributed by atoms with Gasteiger partial charge in [0.2, 0.25) is 0 Å². The second-order valence-electron chi connectivity index (χ2n) is 7.23. The van der Waals surface area contributed by atoms with E-state index in [1.165, 1.54) is 43.4 Å². The Bertz CT molecular complexity index is 1240. The summed E-state index contributed by atoms with van der Waals surface area (Å²) in [5, 5.41) is 5.98. The minimum atomic E-state index is -3.78. The van der Waals surface area contributed by atoms with Gasteiger partial charge in [-0.05, 0) is 67.1 Å². The number of carbonyl (C=O) groups is 2. The standard InChI is InChI=1S/C24H24ClN3O4S/c1-3-16-26-24(30)21-6-4-5-7-22(21)27-23(29)17-8-12-19(13-9-17)28(2)33(31,32)20-14-10-18(25)11-15-20/h4-15H,3,16H2,1-2H3,(H,26,30)(H,27,29). The lowest BCUT2D eigenvalue weighted by molar-refractivity contribution is 0.0954. The smallest absolute Gasteiger partial charge is 0.264 e. The molecule has 0 aliphatic rings. The van der Waals surface area contributed by atoms with Crippen molar-refractivity contribution in [2.45, 2.75) is 18.2 Å². The molecule has 3 aromatic rings. The number of halogens is 1. The average molecular weight is 486 g/mol. The summed E-state index contributed by atoms with van der Waals surface area (Å²) < 4.78 is 26.8. The van der Waals surface area contributed by atoms with Crippen molar-refractivity contribution in [3.63, 3.8) is 0 Å². The Kier molecular flexibility index (Phi) is 7.73. The van der Waals surface area contributed by atoms with Crippen LogP contribution in [-0.4, -0.2) is 33.8 Å². The van der Waals surface area contributed by atoms with Crippen LogP contribution in [0.5, 0.6) is 0 Å². The Morgan fingerprint density at radius 1 is 0.909 bits per heavy atom. The van der Waals surface area contributed by atoms with Crippen LogP contribution in [0.3, 0.4) is 0 Å². The van der Waals surface area contributed by atoms with E-state index in [-0.39, 0.29) is 10.8 Å². The topological polar surface area (TPSA) is 95.6 Å². The van der Waals surface area contributed by atoms with Gasteiger partial charge in [-0.25, -0.2) is 8.42 Å². The first-order valence-electron chi connectivity index (χ1n) is 10.3. The minimum absolute atomic E-state index is 0.106. The van der Waals surface area contributed by atoms with Crippen molar-refractivity contribution in [2.75, 3.05) is 23.2 Å². The van der Waals surface area contributed by atoms with Crippen molar-refractivity contribution >= 4 is 44.8 Å². The van der Waals surface area contributed by atoms with Gasteiger partial charge in [0.15, 0.2) is 0 Å². The number of nitrogens with zero attached hydrogens (tertiary/aromatic N) is 1. The molecule has 2 N–H and O–H groups in total. The van der Waals surface area contributed by atoms with E-state index in [2.05, 4.69) is 10.6 Å². The van der Waals surface area contributed by atoms with Crippen molar-refractivity contribution in [1.82, 2.24) is 5.32 Å². The van der Waals surface area contributed by atoms with Crippen LogP contribution < -0.4 is 14.9 Å². The first-order valence-corrected chi connectivity index (χ1v) is 12.1. The molecule has 0 saturated carbocycles. The fraction of sp³-hybridized carbons (Fsp3) is 0.167. The Morgan fingerprint density at radius 3 is 2.18 bits per heavy atom. The molecule has 0 aliphatic carbocycles. The summed E-state index contributed by atoms with van der Waals surface area (Å²) in [6.07, 6.45) is 0.800. The molecule has 3 aromatic carbocycles. The zero-order chi connectivity index (χ0) is 24.0. The van der Waals surface area contributed by atoms with Crippen LogP contribution in [0.4, 0.5) is 11.4 Å². The predicted molar refractivity (Wildman–Crippen MR) is 131 cm³/mol. The maximum atomic E-state index is 12.8. The number of amides is 2. The predicted octanol–water partition coefficient (Wildman–Crippen LogP) is 4.56. The van der Waals surface area contributed by atoms with Crippen LogP contribution in [0.25, 0.3) is 0 Å². The number of hydrogen-bond acceptors (Lipinski definition) is 4. The summed E-state index contributed by atoms with van der Waals surface area (Å²) in [7, 11) is -2.35. The fourth-order valence-electron chi connectivity index (χ4n) is 3.04. The molecule has 3 rings (SSSR count). The zero-order valence-corrected chi connectivity index (χ0v) is 19.8. The molecule has 2 amide bonds. The maximum Gasteiger partial charge on any atom is 0.264 e. The lowest BCUT2D eigenvalue weighted by atomic mass is 10.1. The molecule has 33 heavy (non-hydrogen) atoms.